The molecular formula is C16H13ClFN3O2. The fourth-order valence-corrected chi connectivity index (χ4v) is 2.81. The number of furan rings is 1. The van der Waals surface area contributed by atoms with Gasteiger partial charge in [-0.2, -0.15) is 0 Å². The second-order valence-electron chi connectivity index (χ2n) is 5.54. The number of halogens is 2. The topological polar surface area (TPSA) is 53.0 Å². The first kappa shape index (κ1) is 14.3. The van der Waals surface area contributed by atoms with E-state index >= 15 is 0 Å². The fraction of sp³-hybridized carbons (Fsp3) is 0.250. The van der Waals surface area contributed by atoms with E-state index in [1.165, 1.54) is 23.1 Å². The van der Waals surface area contributed by atoms with Gasteiger partial charge in [0.15, 0.2) is 5.76 Å². The molecule has 1 aromatic carbocycles. The SMILES string of the molecule is O=c1n(Cc2c(F)cccc2Cl)nc(-c2ccco2)n1C1CC1. The Hall–Kier alpha value is -2.34. The summed E-state index contributed by atoms with van der Waals surface area (Å²) in [5.41, 5.74) is -0.0269. The van der Waals surface area contributed by atoms with Crippen LogP contribution >= 0.6 is 11.6 Å². The van der Waals surface area contributed by atoms with Crippen molar-refractivity contribution < 1.29 is 8.81 Å². The van der Waals surface area contributed by atoms with Crippen LogP contribution in [0, 0.1) is 5.82 Å². The van der Waals surface area contributed by atoms with Crippen LogP contribution in [-0.4, -0.2) is 14.3 Å². The molecule has 1 aliphatic rings. The average molecular weight is 334 g/mol. The summed E-state index contributed by atoms with van der Waals surface area (Å²) in [6.07, 6.45) is 3.39. The quantitative estimate of drug-likeness (QED) is 0.734. The molecule has 0 atom stereocenters. The lowest BCUT2D eigenvalue weighted by molar-refractivity contribution is 0.567. The zero-order valence-electron chi connectivity index (χ0n) is 12.1. The van der Waals surface area contributed by atoms with E-state index in [1.54, 1.807) is 22.8 Å². The Morgan fingerprint density at radius 3 is 2.78 bits per heavy atom. The molecule has 118 valence electrons. The molecule has 23 heavy (non-hydrogen) atoms. The first-order chi connectivity index (χ1) is 11.1. The summed E-state index contributed by atoms with van der Waals surface area (Å²) >= 11 is 6.04. The van der Waals surface area contributed by atoms with E-state index in [0.717, 1.165) is 12.8 Å². The van der Waals surface area contributed by atoms with Crippen LogP contribution in [0.3, 0.4) is 0 Å². The van der Waals surface area contributed by atoms with E-state index < -0.39 is 5.82 Å². The van der Waals surface area contributed by atoms with Crippen molar-refractivity contribution in [2.24, 2.45) is 0 Å². The molecule has 5 nitrogen and oxygen atoms in total. The lowest BCUT2D eigenvalue weighted by Crippen LogP contribution is -2.25. The highest BCUT2D eigenvalue weighted by atomic mass is 35.5. The lowest BCUT2D eigenvalue weighted by atomic mass is 10.2. The molecule has 1 fully saturated rings. The molecule has 1 aliphatic carbocycles. The molecule has 1 saturated carbocycles. The summed E-state index contributed by atoms with van der Waals surface area (Å²) in [5.74, 6) is 0.535. The third-order valence-corrected chi connectivity index (χ3v) is 4.25. The molecule has 0 saturated heterocycles. The van der Waals surface area contributed by atoms with Gasteiger partial charge in [-0.25, -0.2) is 13.9 Å². The second kappa shape index (κ2) is 5.38. The van der Waals surface area contributed by atoms with Gasteiger partial charge in [-0.15, -0.1) is 5.10 Å². The Balaban J connectivity index is 1.81. The number of aromatic nitrogens is 3. The molecular weight excluding hydrogens is 321 g/mol. The van der Waals surface area contributed by atoms with Crippen molar-refractivity contribution >= 4 is 11.6 Å². The highest BCUT2D eigenvalue weighted by molar-refractivity contribution is 6.31. The Morgan fingerprint density at radius 1 is 1.30 bits per heavy atom. The van der Waals surface area contributed by atoms with Crippen LogP contribution in [0.15, 0.2) is 45.8 Å². The molecule has 0 aliphatic heterocycles. The van der Waals surface area contributed by atoms with Gasteiger partial charge < -0.3 is 4.42 Å². The minimum Gasteiger partial charge on any atom is -0.461 e. The Bertz CT molecular complexity index is 890. The largest absolute Gasteiger partial charge is 0.461 e. The van der Waals surface area contributed by atoms with Gasteiger partial charge >= 0.3 is 5.69 Å². The monoisotopic (exact) mass is 333 g/mol. The first-order valence-electron chi connectivity index (χ1n) is 7.31. The van der Waals surface area contributed by atoms with Crippen molar-refractivity contribution in [3.8, 4) is 11.6 Å². The maximum atomic E-state index is 14.0. The van der Waals surface area contributed by atoms with Crippen LogP contribution in [0.5, 0.6) is 0 Å². The molecule has 0 radical (unpaired) electrons. The molecule has 3 aromatic rings. The van der Waals surface area contributed by atoms with E-state index in [0.29, 0.717) is 11.6 Å². The number of hydrogen-bond donors (Lipinski definition) is 0. The van der Waals surface area contributed by atoms with Crippen molar-refractivity contribution in [2.45, 2.75) is 25.4 Å². The van der Waals surface area contributed by atoms with Gasteiger partial charge in [-0.1, -0.05) is 17.7 Å². The van der Waals surface area contributed by atoms with Gasteiger partial charge in [0.1, 0.15) is 5.82 Å². The maximum Gasteiger partial charge on any atom is 0.346 e. The summed E-state index contributed by atoms with van der Waals surface area (Å²) < 4.78 is 22.2. The summed E-state index contributed by atoms with van der Waals surface area (Å²) in [5, 5.41) is 4.61. The smallest absolute Gasteiger partial charge is 0.346 e. The van der Waals surface area contributed by atoms with Gasteiger partial charge in [-0.3, -0.25) is 4.57 Å². The summed E-state index contributed by atoms with van der Waals surface area (Å²) in [6, 6.07) is 8.06. The van der Waals surface area contributed by atoms with Crippen LogP contribution in [0.4, 0.5) is 4.39 Å². The van der Waals surface area contributed by atoms with Crippen LogP contribution in [0.1, 0.15) is 24.4 Å². The summed E-state index contributed by atoms with van der Waals surface area (Å²) in [7, 11) is 0. The highest BCUT2D eigenvalue weighted by Crippen LogP contribution is 2.36. The Morgan fingerprint density at radius 2 is 2.13 bits per heavy atom. The van der Waals surface area contributed by atoms with Crippen molar-refractivity contribution in [2.75, 3.05) is 0 Å². The minimum absolute atomic E-state index is 0.0161. The van der Waals surface area contributed by atoms with Crippen LogP contribution in [0.25, 0.3) is 11.6 Å². The van der Waals surface area contributed by atoms with Crippen LogP contribution in [-0.2, 0) is 6.54 Å². The van der Waals surface area contributed by atoms with Crippen LogP contribution < -0.4 is 5.69 Å². The Labute approximate surface area is 135 Å². The lowest BCUT2D eigenvalue weighted by Gasteiger charge is -2.04. The standard InChI is InChI=1S/C16H13ClFN3O2/c17-12-3-1-4-13(18)11(12)9-20-16(22)21(10-6-7-10)15(19-20)14-5-2-8-23-14/h1-5,8,10H,6-7,9H2. The number of hydrogen-bond acceptors (Lipinski definition) is 3. The van der Waals surface area contributed by atoms with E-state index in [-0.39, 0.29) is 28.9 Å². The number of rotatable bonds is 4. The third kappa shape index (κ3) is 2.49. The molecule has 0 amide bonds. The summed E-state index contributed by atoms with van der Waals surface area (Å²) in [6.45, 7) is -0.0161. The van der Waals surface area contributed by atoms with Crippen molar-refractivity contribution in [1.29, 1.82) is 0 Å². The van der Waals surface area contributed by atoms with Gasteiger partial charge in [0, 0.05) is 16.6 Å². The fourth-order valence-electron chi connectivity index (χ4n) is 2.59. The molecule has 0 spiro atoms. The van der Waals surface area contributed by atoms with Gasteiger partial charge in [0.25, 0.3) is 0 Å². The molecule has 2 heterocycles. The van der Waals surface area contributed by atoms with Crippen molar-refractivity contribution in [3.05, 3.63) is 63.5 Å². The summed E-state index contributed by atoms with van der Waals surface area (Å²) in [4.78, 5) is 12.6. The highest BCUT2D eigenvalue weighted by Gasteiger charge is 2.31. The average Bonchev–Trinajstić information content (AvgIpc) is 3.10. The predicted octanol–water partition coefficient (Wildman–Crippen LogP) is 3.48. The normalized spacial score (nSPS) is 14.3. The van der Waals surface area contributed by atoms with Crippen LogP contribution in [0.2, 0.25) is 5.02 Å². The van der Waals surface area contributed by atoms with Gasteiger partial charge in [0.05, 0.1) is 12.8 Å². The van der Waals surface area contributed by atoms with Crippen molar-refractivity contribution in [3.63, 3.8) is 0 Å². The molecule has 4 rings (SSSR count). The van der Waals surface area contributed by atoms with Gasteiger partial charge in [-0.05, 0) is 37.1 Å². The van der Waals surface area contributed by atoms with Gasteiger partial charge in [0.2, 0.25) is 5.82 Å². The third-order valence-electron chi connectivity index (χ3n) is 3.89. The van der Waals surface area contributed by atoms with E-state index in [4.69, 9.17) is 16.0 Å². The van der Waals surface area contributed by atoms with E-state index in [1.807, 2.05) is 0 Å². The first-order valence-corrected chi connectivity index (χ1v) is 7.69. The minimum atomic E-state index is -0.454. The molecule has 2 aromatic heterocycles. The zero-order chi connectivity index (χ0) is 16.0. The zero-order valence-corrected chi connectivity index (χ0v) is 12.8. The number of nitrogens with zero attached hydrogens (tertiary/aromatic N) is 3. The molecule has 0 unspecified atom stereocenters. The second-order valence-corrected chi connectivity index (χ2v) is 5.95. The van der Waals surface area contributed by atoms with Crippen molar-refractivity contribution in [1.82, 2.24) is 14.3 Å². The van der Waals surface area contributed by atoms with E-state index in [9.17, 15) is 9.18 Å². The predicted molar refractivity (Wildman–Crippen MR) is 83.0 cm³/mol. The maximum absolute atomic E-state index is 14.0. The molecule has 0 bridgehead atoms. The molecule has 0 N–H and O–H groups in total. The Kier molecular flexibility index (Phi) is 3.34. The number of benzene rings is 1. The molecule has 7 heteroatoms. The van der Waals surface area contributed by atoms with E-state index in [2.05, 4.69) is 5.10 Å².